The van der Waals surface area contributed by atoms with Gasteiger partial charge in [0.2, 0.25) is 5.91 Å². The van der Waals surface area contributed by atoms with E-state index in [0.717, 1.165) is 30.6 Å². The predicted octanol–water partition coefficient (Wildman–Crippen LogP) is 4.49. The average Bonchev–Trinajstić information content (AvgIpc) is 3.10. The Morgan fingerprint density at radius 1 is 1.20 bits per heavy atom. The normalized spacial score (nSPS) is 15.6. The van der Waals surface area contributed by atoms with E-state index >= 15 is 0 Å². The summed E-state index contributed by atoms with van der Waals surface area (Å²) in [7, 11) is 1.64. The molecule has 5 nitrogen and oxygen atoms in total. The minimum absolute atomic E-state index is 0.100. The molecular weight excluding hydrogens is 376 g/mol. The summed E-state index contributed by atoms with van der Waals surface area (Å²) in [6.45, 7) is 4.67. The average molecular weight is 407 g/mol. The second-order valence-corrected chi connectivity index (χ2v) is 8.06. The fraction of sp³-hybridized carbons (Fsp3) is 0.400. The first-order chi connectivity index (χ1) is 14.6. The molecule has 1 heterocycles. The summed E-state index contributed by atoms with van der Waals surface area (Å²) in [6, 6.07) is 12.6. The Kier molecular flexibility index (Phi) is 5.98. The Morgan fingerprint density at radius 2 is 2.07 bits per heavy atom. The van der Waals surface area contributed by atoms with E-state index in [1.807, 2.05) is 25.1 Å². The number of methoxy groups -OCH3 is 1. The van der Waals surface area contributed by atoms with Crippen LogP contribution in [0.4, 0.5) is 0 Å². The van der Waals surface area contributed by atoms with Gasteiger partial charge in [-0.05, 0) is 68.5 Å². The van der Waals surface area contributed by atoms with Crippen molar-refractivity contribution in [2.24, 2.45) is 0 Å². The highest BCUT2D eigenvalue weighted by molar-refractivity contribution is 5.85. The van der Waals surface area contributed by atoms with Gasteiger partial charge in [0.15, 0.2) is 11.5 Å². The molecule has 1 aliphatic carbocycles. The lowest BCUT2D eigenvalue weighted by Crippen LogP contribution is -2.38. The van der Waals surface area contributed by atoms with Gasteiger partial charge in [0, 0.05) is 35.5 Å². The molecule has 4 rings (SSSR count). The third-order valence-electron chi connectivity index (χ3n) is 5.88. The molecule has 5 heteroatoms. The molecule has 2 N–H and O–H groups in total. The highest BCUT2D eigenvalue weighted by Crippen LogP contribution is 2.30. The maximum atomic E-state index is 12.6. The molecular formula is C25H30N2O3. The summed E-state index contributed by atoms with van der Waals surface area (Å²) < 4.78 is 11.0. The number of H-pyrrole nitrogens is 1. The van der Waals surface area contributed by atoms with Gasteiger partial charge in [0.1, 0.15) is 0 Å². The quantitative estimate of drug-likeness (QED) is 0.608. The number of carbonyl (C=O) groups excluding carboxylic acids is 1. The molecule has 1 unspecified atom stereocenters. The van der Waals surface area contributed by atoms with Crippen LogP contribution in [0.3, 0.4) is 0 Å². The summed E-state index contributed by atoms with van der Waals surface area (Å²) in [5.74, 6) is 1.55. The number of nitrogens with one attached hydrogen (secondary N) is 2. The van der Waals surface area contributed by atoms with E-state index in [4.69, 9.17) is 9.47 Å². The standard InChI is InChI=1S/C25H30N2O3/c1-4-30-23-11-6-17(14-24(23)29-3)7-12-25(28)26-18-8-9-19-20-13-16(2)5-10-21(20)27-22(19)15-18/h5-6,10-11,13-14,18,27H,4,7-9,12,15H2,1-3H3,(H,26,28). The first kappa shape index (κ1) is 20.3. The molecule has 2 aromatic carbocycles. The molecule has 0 aliphatic heterocycles. The molecule has 0 saturated carbocycles. The first-order valence-corrected chi connectivity index (χ1v) is 10.8. The van der Waals surface area contributed by atoms with E-state index in [9.17, 15) is 4.79 Å². The van der Waals surface area contributed by atoms with Crippen molar-refractivity contribution in [2.75, 3.05) is 13.7 Å². The fourth-order valence-corrected chi connectivity index (χ4v) is 4.37. The van der Waals surface area contributed by atoms with Crippen molar-refractivity contribution < 1.29 is 14.3 Å². The molecule has 0 radical (unpaired) electrons. The lowest BCUT2D eigenvalue weighted by molar-refractivity contribution is -0.121. The van der Waals surface area contributed by atoms with Crippen molar-refractivity contribution in [3.8, 4) is 11.5 Å². The van der Waals surface area contributed by atoms with Crippen molar-refractivity contribution in [1.82, 2.24) is 10.3 Å². The number of carbonyl (C=O) groups is 1. The summed E-state index contributed by atoms with van der Waals surface area (Å²) in [4.78, 5) is 16.1. The number of rotatable bonds is 7. The van der Waals surface area contributed by atoms with E-state index < -0.39 is 0 Å². The Labute approximate surface area is 177 Å². The van der Waals surface area contributed by atoms with Crippen LogP contribution in [-0.4, -0.2) is 30.6 Å². The number of aromatic nitrogens is 1. The Hall–Kier alpha value is -2.95. The highest BCUT2D eigenvalue weighted by atomic mass is 16.5. The second-order valence-electron chi connectivity index (χ2n) is 8.06. The van der Waals surface area contributed by atoms with Crippen LogP contribution in [0, 0.1) is 6.92 Å². The number of aromatic amines is 1. The van der Waals surface area contributed by atoms with E-state index in [1.54, 1.807) is 7.11 Å². The largest absolute Gasteiger partial charge is 0.493 e. The van der Waals surface area contributed by atoms with Crippen molar-refractivity contribution >= 4 is 16.8 Å². The second kappa shape index (κ2) is 8.82. The Balaban J connectivity index is 1.34. The van der Waals surface area contributed by atoms with Crippen molar-refractivity contribution in [1.29, 1.82) is 0 Å². The highest BCUT2D eigenvalue weighted by Gasteiger charge is 2.23. The van der Waals surface area contributed by atoms with Crippen LogP contribution in [0.15, 0.2) is 36.4 Å². The molecule has 1 amide bonds. The number of hydrogen-bond donors (Lipinski definition) is 2. The van der Waals surface area contributed by atoms with Crippen molar-refractivity contribution in [3.63, 3.8) is 0 Å². The van der Waals surface area contributed by atoms with E-state index in [1.165, 1.54) is 27.7 Å². The third kappa shape index (κ3) is 4.30. The number of hydrogen-bond acceptors (Lipinski definition) is 3. The number of fused-ring (bicyclic) bond motifs is 3. The zero-order chi connectivity index (χ0) is 21.1. The predicted molar refractivity (Wildman–Crippen MR) is 119 cm³/mol. The van der Waals surface area contributed by atoms with Gasteiger partial charge in [0.25, 0.3) is 0 Å². The minimum atomic E-state index is 0.100. The van der Waals surface area contributed by atoms with Gasteiger partial charge in [0.05, 0.1) is 13.7 Å². The molecule has 3 aromatic rings. The zero-order valence-corrected chi connectivity index (χ0v) is 18.0. The van der Waals surface area contributed by atoms with E-state index in [2.05, 4.69) is 35.4 Å². The SMILES string of the molecule is CCOc1ccc(CCC(=O)NC2CCc3c([nH]c4ccc(C)cc34)C2)cc1OC. The molecule has 158 valence electrons. The monoisotopic (exact) mass is 406 g/mol. The lowest BCUT2D eigenvalue weighted by Gasteiger charge is -2.23. The third-order valence-corrected chi connectivity index (χ3v) is 5.88. The maximum Gasteiger partial charge on any atom is 0.220 e. The van der Waals surface area contributed by atoms with Gasteiger partial charge >= 0.3 is 0 Å². The maximum absolute atomic E-state index is 12.6. The molecule has 0 spiro atoms. The zero-order valence-electron chi connectivity index (χ0n) is 18.0. The summed E-state index contributed by atoms with van der Waals surface area (Å²) >= 11 is 0. The van der Waals surface area contributed by atoms with Gasteiger partial charge in [-0.2, -0.15) is 0 Å². The number of aryl methyl sites for hydroxylation is 3. The number of benzene rings is 2. The molecule has 1 atom stereocenters. The van der Waals surface area contributed by atoms with Gasteiger partial charge in [-0.15, -0.1) is 0 Å². The first-order valence-electron chi connectivity index (χ1n) is 10.8. The minimum Gasteiger partial charge on any atom is -0.493 e. The van der Waals surface area contributed by atoms with Gasteiger partial charge in [-0.25, -0.2) is 0 Å². The van der Waals surface area contributed by atoms with Crippen LogP contribution in [0.25, 0.3) is 10.9 Å². The van der Waals surface area contributed by atoms with Crippen molar-refractivity contribution in [3.05, 3.63) is 58.8 Å². The molecule has 1 aromatic heterocycles. The summed E-state index contributed by atoms with van der Waals surface area (Å²) in [6.07, 6.45) is 3.99. The van der Waals surface area contributed by atoms with Crippen molar-refractivity contribution in [2.45, 2.75) is 52.0 Å². The number of amides is 1. The Morgan fingerprint density at radius 3 is 2.87 bits per heavy atom. The fourth-order valence-electron chi connectivity index (χ4n) is 4.37. The molecule has 1 aliphatic rings. The van der Waals surface area contributed by atoms with Crippen LogP contribution in [0.2, 0.25) is 0 Å². The molecule has 0 saturated heterocycles. The topological polar surface area (TPSA) is 63.3 Å². The van der Waals surface area contributed by atoms with Gasteiger partial charge in [-0.3, -0.25) is 4.79 Å². The number of ether oxygens (including phenoxy) is 2. The van der Waals surface area contributed by atoms with E-state index in [0.29, 0.717) is 25.2 Å². The molecule has 0 bridgehead atoms. The van der Waals surface area contributed by atoms with Gasteiger partial charge < -0.3 is 19.8 Å². The van der Waals surface area contributed by atoms with Crippen LogP contribution >= 0.6 is 0 Å². The van der Waals surface area contributed by atoms with Gasteiger partial charge in [-0.1, -0.05) is 17.7 Å². The van der Waals surface area contributed by atoms with Crippen LogP contribution in [-0.2, 0) is 24.1 Å². The molecule has 0 fully saturated rings. The van der Waals surface area contributed by atoms with Crippen LogP contribution in [0.1, 0.15) is 42.1 Å². The molecule has 30 heavy (non-hydrogen) atoms. The van der Waals surface area contributed by atoms with Crippen LogP contribution < -0.4 is 14.8 Å². The Bertz CT molecular complexity index is 1050. The summed E-state index contributed by atoms with van der Waals surface area (Å²) in [5, 5.41) is 4.56. The smallest absolute Gasteiger partial charge is 0.220 e. The lowest BCUT2D eigenvalue weighted by atomic mass is 9.91. The van der Waals surface area contributed by atoms with Crippen LogP contribution in [0.5, 0.6) is 11.5 Å². The summed E-state index contributed by atoms with van der Waals surface area (Å²) in [5.41, 5.74) is 6.24. The van der Waals surface area contributed by atoms with E-state index in [-0.39, 0.29) is 11.9 Å².